The number of hydrogen-bond acceptors (Lipinski definition) is 2. The van der Waals surface area contributed by atoms with Crippen LogP contribution in [-0.4, -0.2) is 23.4 Å². The Balaban J connectivity index is 2.49. The maximum Gasteiger partial charge on any atom is 0.0492 e. The van der Waals surface area contributed by atoms with Crippen LogP contribution in [0.25, 0.3) is 0 Å². The standard InChI is InChI=1S/C7H13N3/c1-8-5-3-7-4-6-9-10(7)2/h4,6,8H,3,5H2,1-2H3. The predicted molar refractivity (Wildman–Crippen MR) is 40.8 cm³/mol. The number of aromatic nitrogens is 2. The van der Waals surface area contributed by atoms with Crippen molar-refractivity contribution in [1.82, 2.24) is 15.1 Å². The Kier molecular flexibility index (Phi) is 2.45. The zero-order chi connectivity index (χ0) is 7.40. The van der Waals surface area contributed by atoms with E-state index in [0.29, 0.717) is 0 Å². The molecule has 0 saturated heterocycles. The van der Waals surface area contributed by atoms with Crippen molar-refractivity contribution >= 4 is 0 Å². The largest absolute Gasteiger partial charge is 0.319 e. The third kappa shape index (κ3) is 1.57. The average molecular weight is 139 g/mol. The van der Waals surface area contributed by atoms with Crippen molar-refractivity contribution in [3.05, 3.63) is 18.0 Å². The van der Waals surface area contributed by atoms with Crippen LogP contribution in [0.1, 0.15) is 5.69 Å². The topological polar surface area (TPSA) is 29.9 Å². The second-order valence-electron chi connectivity index (χ2n) is 2.30. The zero-order valence-electron chi connectivity index (χ0n) is 6.46. The Morgan fingerprint density at radius 2 is 2.50 bits per heavy atom. The monoisotopic (exact) mass is 139 g/mol. The summed E-state index contributed by atoms with van der Waals surface area (Å²) in [6, 6.07) is 2.04. The number of hydrogen-bond donors (Lipinski definition) is 1. The lowest BCUT2D eigenvalue weighted by Gasteiger charge is -1.99. The quantitative estimate of drug-likeness (QED) is 0.647. The molecule has 10 heavy (non-hydrogen) atoms. The van der Waals surface area contributed by atoms with Gasteiger partial charge in [-0.1, -0.05) is 0 Å². The highest BCUT2D eigenvalue weighted by Crippen LogP contribution is 1.95. The molecule has 56 valence electrons. The van der Waals surface area contributed by atoms with Crippen LogP contribution in [0.4, 0.5) is 0 Å². The van der Waals surface area contributed by atoms with Crippen molar-refractivity contribution in [2.75, 3.05) is 13.6 Å². The van der Waals surface area contributed by atoms with Crippen LogP contribution < -0.4 is 5.32 Å². The SMILES string of the molecule is CNCCc1ccnn1C. The van der Waals surface area contributed by atoms with Crippen molar-refractivity contribution < 1.29 is 0 Å². The highest BCUT2D eigenvalue weighted by molar-refractivity contribution is 4.99. The molecule has 0 unspecified atom stereocenters. The fourth-order valence-electron chi connectivity index (χ4n) is 0.900. The molecule has 0 aliphatic carbocycles. The summed E-state index contributed by atoms with van der Waals surface area (Å²) in [5.74, 6) is 0. The van der Waals surface area contributed by atoms with Gasteiger partial charge in [-0.05, 0) is 13.1 Å². The summed E-state index contributed by atoms with van der Waals surface area (Å²) in [5.41, 5.74) is 1.27. The van der Waals surface area contributed by atoms with E-state index < -0.39 is 0 Å². The van der Waals surface area contributed by atoms with Gasteiger partial charge in [-0.3, -0.25) is 4.68 Å². The molecular weight excluding hydrogens is 126 g/mol. The number of nitrogens with zero attached hydrogens (tertiary/aromatic N) is 2. The molecule has 0 fully saturated rings. The predicted octanol–water partition coefficient (Wildman–Crippen LogP) is 0.182. The molecule has 1 aromatic rings. The van der Waals surface area contributed by atoms with E-state index >= 15 is 0 Å². The summed E-state index contributed by atoms with van der Waals surface area (Å²) in [4.78, 5) is 0. The Morgan fingerprint density at radius 3 is 3.00 bits per heavy atom. The lowest BCUT2D eigenvalue weighted by Crippen LogP contribution is -2.12. The Bertz CT molecular complexity index is 192. The van der Waals surface area contributed by atoms with Crippen LogP contribution in [-0.2, 0) is 13.5 Å². The van der Waals surface area contributed by atoms with Crippen molar-refractivity contribution in [2.24, 2.45) is 7.05 Å². The van der Waals surface area contributed by atoms with E-state index in [0.717, 1.165) is 13.0 Å². The third-order valence-corrected chi connectivity index (χ3v) is 1.55. The first-order valence-electron chi connectivity index (χ1n) is 3.46. The Labute approximate surface area is 61.0 Å². The molecule has 0 spiro atoms. The third-order valence-electron chi connectivity index (χ3n) is 1.55. The first-order chi connectivity index (χ1) is 4.84. The lowest BCUT2D eigenvalue weighted by atomic mass is 10.3. The zero-order valence-corrected chi connectivity index (χ0v) is 6.46. The molecule has 1 rings (SSSR count). The summed E-state index contributed by atoms with van der Waals surface area (Å²) in [6.45, 7) is 1.01. The lowest BCUT2D eigenvalue weighted by molar-refractivity contribution is 0.681. The van der Waals surface area contributed by atoms with Crippen LogP contribution >= 0.6 is 0 Å². The highest BCUT2D eigenvalue weighted by atomic mass is 15.3. The summed E-state index contributed by atoms with van der Waals surface area (Å²) in [7, 11) is 3.92. The molecule has 0 amide bonds. The molecule has 0 atom stereocenters. The first-order valence-corrected chi connectivity index (χ1v) is 3.46. The molecule has 3 heteroatoms. The van der Waals surface area contributed by atoms with Gasteiger partial charge in [0.15, 0.2) is 0 Å². The van der Waals surface area contributed by atoms with E-state index in [9.17, 15) is 0 Å². The number of rotatable bonds is 3. The maximum absolute atomic E-state index is 4.06. The van der Waals surface area contributed by atoms with Gasteiger partial charge in [0, 0.05) is 31.9 Å². The molecule has 1 heterocycles. The van der Waals surface area contributed by atoms with Gasteiger partial charge in [0.2, 0.25) is 0 Å². The van der Waals surface area contributed by atoms with Gasteiger partial charge in [-0.15, -0.1) is 0 Å². The molecule has 0 radical (unpaired) electrons. The molecule has 0 saturated carbocycles. The summed E-state index contributed by atoms with van der Waals surface area (Å²) in [5, 5.41) is 7.15. The fraction of sp³-hybridized carbons (Fsp3) is 0.571. The van der Waals surface area contributed by atoms with Crippen molar-refractivity contribution in [2.45, 2.75) is 6.42 Å². The molecule has 1 N–H and O–H groups in total. The van der Waals surface area contributed by atoms with Gasteiger partial charge >= 0.3 is 0 Å². The molecule has 1 aromatic heterocycles. The second-order valence-corrected chi connectivity index (χ2v) is 2.30. The van der Waals surface area contributed by atoms with Gasteiger partial charge in [0.25, 0.3) is 0 Å². The minimum absolute atomic E-state index is 1.01. The van der Waals surface area contributed by atoms with E-state index in [1.165, 1.54) is 5.69 Å². The van der Waals surface area contributed by atoms with E-state index in [1.54, 1.807) is 0 Å². The van der Waals surface area contributed by atoms with Crippen molar-refractivity contribution in [3.8, 4) is 0 Å². The Hall–Kier alpha value is -0.830. The summed E-state index contributed by atoms with van der Waals surface area (Å²) in [6.07, 6.45) is 2.87. The van der Waals surface area contributed by atoms with Crippen molar-refractivity contribution in [3.63, 3.8) is 0 Å². The van der Waals surface area contributed by atoms with Gasteiger partial charge in [0.05, 0.1) is 0 Å². The Morgan fingerprint density at radius 1 is 1.70 bits per heavy atom. The summed E-state index contributed by atoms with van der Waals surface area (Å²) < 4.78 is 1.90. The van der Waals surface area contributed by atoms with Crippen LogP contribution in [0.5, 0.6) is 0 Å². The molecule has 0 aliphatic rings. The summed E-state index contributed by atoms with van der Waals surface area (Å²) >= 11 is 0. The van der Waals surface area contributed by atoms with E-state index in [-0.39, 0.29) is 0 Å². The molecule has 3 nitrogen and oxygen atoms in total. The van der Waals surface area contributed by atoms with Crippen molar-refractivity contribution in [1.29, 1.82) is 0 Å². The highest BCUT2D eigenvalue weighted by Gasteiger charge is 1.94. The van der Waals surface area contributed by atoms with E-state index in [4.69, 9.17) is 0 Å². The fourth-order valence-corrected chi connectivity index (χ4v) is 0.900. The normalized spacial score (nSPS) is 10.2. The minimum Gasteiger partial charge on any atom is -0.319 e. The van der Waals surface area contributed by atoms with Crippen LogP contribution in [0.3, 0.4) is 0 Å². The van der Waals surface area contributed by atoms with Gasteiger partial charge in [0.1, 0.15) is 0 Å². The average Bonchev–Trinajstić information content (AvgIpc) is 2.31. The van der Waals surface area contributed by atoms with Gasteiger partial charge < -0.3 is 5.32 Å². The molecule has 0 bridgehead atoms. The van der Waals surface area contributed by atoms with Crippen LogP contribution in [0.2, 0.25) is 0 Å². The second kappa shape index (κ2) is 3.37. The van der Waals surface area contributed by atoms with Gasteiger partial charge in [-0.2, -0.15) is 5.10 Å². The number of aryl methyl sites for hydroxylation is 1. The van der Waals surface area contributed by atoms with Gasteiger partial charge in [-0.25, -0.2) is 0 Å². The first kappa shape index (κ1) is 7.28. The van der Waals surface area contributed by atoms with E-state index in [1.807, 2.05) is 31.0 Å². The molecular formula is C7H13N3. The molecule has 0 aliphatic heterocycles. The minimum atomic E-state index is 1.01. The maximum atomic E-state index is 4.06. The number of likely N-dealkylation sites (N-methyl/N-ethyl adjacent to an activating group) is 1. The number of nitrogens with one attached hydrogen (secondary N) is 1. The van der Waals surface area contributed by atoms with E-state index in [2.05, 4.69) is 10.4 Å². The van der Waals surface area contributed by atoms with Crippen LogP contribution in [0.15, 0.2) is 12.3 Å². The smallest absolute Gasteiger partial charge is 0.0492 e. The molecule has 0 aromatic carbocycles. The van der Waals surface area contributed by atoms with Crippen LogP contribution in [0, 0.1) is 0 Å².